The van der Waals surface area contributed by atoms with Gasteiger partial charge in [0.25, 0.3) is 0 Å². The Bertz CT molecular complexity index is 447. The number of thiophene rings is 1. The van der Waals surface area contributed by atoms with Crippen molar-refractivity contribution >= 4 is 44.0 Å². The summed E-state index contributed by atoms with van der Waals surface area (Å²) in [5.74, 6) is -0.147. The van der Waals surface area contributed by atoms with Crippen molar-refractivity contribution in [1.82, 2.24) is 0 Å². The molecule has 1 aromatic heterocycles. The van der Waals surface area contributed by atoms with Gasteiger partial charge >= 0.3 is 0 Å². The van der Waals surface area contributed by atoms with E-state index in [1.165, 1.54) is 19.2 Å². The lowest BCUT2D eigenvalue weighted by atomic mass is 10.2. The van der Waals surface area contributed by atoms with Gasteiger partial charge in [0, 0.05) is 18.5 Å². The Labute approximate surface area is 93.9 Å². The van der Waals surface area contributed by atoms with Gasteiger partial charge in [-0.05, 0) is 47.2 Å². The van der Waals surface area contributed by atoms with Crippen LogP contribution in [0.2, 0.25) is 0 Å². The summed E-state index contributed by atoms with van der Waals surface area (Å²) in [7, 11) is 0. The number of hydrogen-bond donors (Lipinski definition) is 0. The monoisotopic (exact) mass is 306 g/mol. The number of benzene rings is 1. The lowest BCUT2D eigenvalue weighted by molar-refractivity contribution is 0.630. The molecule has 0 fully saturated rings. The minimum atomic E-state index is -0.147. The molecule has 0 bridgehead atoms. The van der Waals surface area contributed by atoms with Crippen LogP contribution in [0.4, 0.5) is 4.39 Å². The lowest BCUT2D eigenvalue weighted by Gasteiger charge is -1.91. The van der Waals surface area contributed by atoms with Gasteiger partial charge in [0.05, 0.1) is 0 Å². The van der Waals surface area contributed by atoms with E-state index in [-0.39, 0.29) is 5.82 Å². The Kier molecular flexibility index (Phi) is 2.55. The average molecular weight is 306 g/mol. The largest absolute Gasteiger partial charge is 0.207 e. The molecular weight excluding hydrogens is 298 g/mol. The second-order valence-electron chi connectivity index (χ2n) is 2.83. The fraction of sp³-hybridized carbons (Fsp3) is 0.200. The van der Waals surface area contributed by atoms with Crippen LogP contribution in [0.5, 0.6) is 0 Å². The van der Waals surface area contributed by atoms with E-state index in [0.717, 1.165) is 11.8 Å². The van der Waals surface area contributed by atoms with Crippen LogP contribution in [0.25, 0.3) is 10.1 Å². The van der Waals surface area contributed by atoms with E-state index >= 15 is 0 Å². The molecule has 0 aliphatic rings. The minimum absolute atomic E-state index is 0.147. The maximum absolute atomic E-state index is 12.9. The molecule has 0 radical (unpaired) electrons. The predicted octanol–water partition coefficient (Wildman–Crippen LogP) is 4.21. The third-order valence-corrected chi connectivity index (χ3v) is 4.89. The molecule has 0 spiro atoms. The highest BCUT2D eigenvalue weighted by molar-refractivity contribution is 14.1. The molecule has 2 rings (SSSR count). The molecule has 0 amide bonds. The van der Waals surface area contributed by atoms with E-state index in [1.54, 1.807) is 17.4 Å². The second kappa shape index (κ2) is 3.53. The van der Waals surface area contributed by atoms with Gasteiger partial charge in [-0.3, -0.25) is 0 Å². The van der Waals surface area contributed by atoms with Gasteiger partial charge in [0.15, 0.2) is 0 Å². The molecule has 1 heterocycles. The molecule has 3 heteroatoms. The Balaban J connectivity index is 2.77. The first-order valence-electron chi connectivity index (χ1n) is 4.08. The number of fused-ring (bicyclic) bond motifs is 1. The molecule has 0 N–H and O–H groups in total. The Morgan fingerprint density at radius 2 is 2.23 bits per heavy atom. The van der Waals surface area contributed by atoms with Crippen molar-refractivity contribution in [2.75, 3.05) is 0 Å². The molecule has 0 nitrogen and oxygen atoms in total. The molecular formula is C10H8FIS. The number of halogens is 2. The van der Waals surface area contributed by atoms with Crippen molar-refractivity contribution in [3.63, 3.8) is 0 Å². The minimum Gasteiger partial charge on any atom is -0.207 e. The van der Waals surface area contributed by atoms with Gasteiger partial charge in [0.1, 0.15) is 5.82 Å². The zero-order valence-corrected chi connectivity index (χ0v) is 10.1. The average Bonchev–Trinajstić information content (AvgIpc) is 2.44. The van der Waals surface area contributed by atoms with Crippen LogP contribution in [0, 0.1) is 9.39 Å². The molecule has 0 aliphatic carbocycles. The zero-order chi connectivity index (χ0) is 9.42. The smallest absolute Gasteiger partial charge is 0.123 e. The van der Waals surface area contributed by atoms with E-state index in [9.17, 15) is 4.39 Å². The van der Waals surface area contributed by atoms with Crippen molar-refractivity contribution in [1.29, 1.82) is 0 Å². The van der Waals surface area contributed by atoms with Crippen LogP contribution in [0.15, 0.2) is 18.2 Å². The highest BCUT2D eigenvalue weighted by atomic mass is 127. The quantitative estimate of drug-likeness (QED) is 0.692. The number of aryl methyl sites for hydroxylation is 1. The van der Waals surface area contributed by atoms with Gasteiger partial charge in [0.2, 0.25) is 0 Å². The topological polar surface area (TPSA) is 0 Å². The van der Waals surface area contributed by atoms with Crippen molar-refractivity contribution in [2.45, 2.75) is 13.3 Å². The number of rotatable bonds is 1. The van der Waals surface area contributed by atoms with Crippen LogP contribution in [0.1, 0.15) is 11.8 Å². The summed E-state index contributed by atoms with van der Waals surface area (Å²) in [5.41, 5.74) is 0. The van der Waals surface area contributed by atoms with Gasteiger partial charge in [-0.2, -0.15) is 0 Å². The molecule has 0 aliphatic heterocycles. The molecule has 0 saturated heterocycles. The summed E-state index contributed by atoms with van der Waals surface area (Å²) in [6.07, 6.45) is 1.03. The van der Waals surface area contributed by atoms with Crippen molar-refractivity contribution < 1.29 is 4.39 Å². The first-order chi connectivity index (χ1) is 6.22. The molecule has 13 heavy (non-hydrogen) atoms. The van der Waals surface area contributed by atoms with Crippen LogP contribution in [-0.4, -0.2) is 0 Å². The van der Waals surface area contributed by atoms with Crippen LogP contribution >= 0.6 is 33.9 Å². The second-order valence-corrected chi connectivity index (χ2v) is 5.05. The fourth-order valence-corrected chi connectivity index (χ4v) is 3.68. The lowest BCUT2D eigenvalue weighted by Crippen LogP contribution is -1.76. The third kappa shape index (κ3) is 1.59. The fourth-order valence-electron chi connectivity index (χ4n) is 1.32. The molecule has 68 valence electrons. The van der Waals surface area contributed by atoms with E-state index in [0.29, 0.717) is 0 Å². The summed E-state index contributed by atoms with van der Waals surface area (Å²) in [6.45, 7) is 2.13. The van der Waals surface area contributed by atoms with E-state index in [4.69, 9.17) is 0 Å². The van der Waals surface area contributed by atoms with Gasteiger partial charge in [-0.1, -0.05) is 6.92 Å². The van der Waals surface area contributed by atoms with E-state index < -0.39 is 0 Å². The first kappa shape index (κ1) is 9.40. The first-order valence-corrected chi connectivity index (χ1v) is 5.98. The zero-order valence-electron chi connectivity index (χ0n) is 7.10. The summed E-state index contributed by atoms with van der Waals surface area (Å²) in [5, 5.41) is 1.06. The predicted molar refractivity (Wildman–Crippen MR) is 63.9 cm³/mol. The molecule has 0 saturated carbocycles. The Morgan fingerprint density at radius 3 is 2.92 bits per heavy atom. The SMILES string of the molecule is CCc1sc2ccc(F)cc2c1I. The number of hydrogen-bond acceptors (Lipinski definition) is 1. The van der Waals surface area contributed by atoms with Crippen molar-refractivity contribution in [2.24, 2.45) is 0 Å². The summed E-state index contributed by atoms with van der Waals surface area (Å²) in [6, 6.07) is 5.00. The van der Waals surface area contributed by atoms with Gasteiger partial charge in [-0.15, -0.1) is 11.3 Å². The van der Waals surface area contributed by atoms with E-state index in [2.05, 4.69) is 29.5 Å². The maximum Gasteiger partial charge on any atom is 0.123 e. The van der Waals surface area contributed by atoms with Crippen molar-refractivity contribution in [3.05, 3.63) is 32.5 Å². The maximum atomic E-state index is 12.9. The summed E-state index contributed by atoms with van der Waals surface area (Å²) < 4.78 is 15.3. The highest BCUT2D eigenvalue weighted by Crippen LogP contribution is 2.33. The summed E-state index contributed by atoms with van der Waals surface area (Å²) in [4.78, 5) is 1.35. The Hall–Kier alpha value is -0.160. The summed E-state index contributed by atoms with van der Waals surface area (Å²) >= 11 is 4.05. The van der Waals surface area contributed by atoms with Gasteiger partial charge < -0.3 is 0 Å². The molecule has 2 aromatic rings. The van der Waals surface area contributed by atoms with Crippen LogP contribution in [0.3, 0.4) is 0 Å². The van der Waals surface area contributed by atoms with Crippen LogP contribution < -0.4 is 0 Å². The van der Waals surface area contributed by atoms with Gasteiger partial charge in [-0.25, -0.2) is 4.39 Å². The van der Waals surface area contributed by atoms with Crippen molar-refractivity contribution in [3.8, 4) is 0 Å². The molecule has 1 aromatic carbocycles. The normalized spacial score (nSPS) is 11.0. The molecule has 0 unspecified atom stereocenters. The van der Waals surface area contributed by atoms with E-state index in [1.807, 2.05) is 6.07 Å². The standard InChI is InChI=1S/C10H8FIS/c1-2-8-10(12)7-5-6(11)3-4-9(7)13-8/h3-5H,2H2,1H3. The third-order valence-electron chi connectivity index (χ3n) is 1.98. The molecule has 0 atom stereocenters. The Morgan fingerprint density at radius 1 is 1.46 bits per heavy atom. The van der Waals surface area contributed by atoms with Crippen LogP contribution in [-0.2, 0) is 6.42 Å². The highest BCUT2D eigenvalue weighted by Gasteiger charge is 2.08.